The number of aryl methyl sites for hydroxylation is 1. The van der Waals surface area contributed by atoms with E-state index >= 15 is 0 Å². The minimum absolute atomic E-state index is 0.0960. The van der Waals surface area contributed by atoms with Crippen molar-refractivity contribution in [1.82, 2.24) is 9.55 Å². The van der Waals surface area contributed by atoms with Crippen molar-refractivity contribution in [2.75, 3.05) is 11.9 Å². The Morgan fingerprint density at radius 2 is 2.08 bits per heavy atom. The number of fused-ring (bicyclic) bond motifs is 1. The standard InChI is InChI=1S/C9H13N3O/c1-6-5-10-8-11(4)7(13)9(2,3)12(6)8/h5H,1-4H3. The van der Waals surface area contributed by atoms with Crippen molar-refractivity contribution in [2.45, 2.75) is 26.3 Å². The molecule has 4 heteroatoms. The highest BCUT2D eigenvalue weighted by atomic mass is 16.2. The average molecular weight is 179 g/mol. The Bertz CT molecular complexity index is 378. The van der Waals surface area contributed by atoms with Crippen LogP contribution in [0.1, 0.15) is 19.5 Å². The van der Waals surface area contributed by atoms with E-state index in [2.05, 4.69) is 4.98 Å². The van der Waals surface area contributed by atoms with Gasteiger partial charge in [0.25, 0.3) is 5.91 Å². The Morgan fingerprint density at radius 3 is 2.62 bits per heavy atom. The van der Waals surface area contributed by atoms with Gasteiger partial charge in [-0.05, 0) is 20.8 Å². The normalized spacial score (nSPS) is 19.4. The summed E-state index contributed by atoms with van der Waals surface area (Å²) >= 11 is 0. The summed E-state index contributed by atoms with van der Waals surface area (Å²) in [5.74, 6) is 0.839. The lowest BCUT2D eigenvalue weighted by Crippen LogP contribution is -2.36. The van der Waals surface area contributed by atoms with Crippen molar-refractivity contribution < 1.29 is 4.79 Å². The van der Waals surface area contributed by atoms with Gasteiger partial charge in [-0.2, -0.15) is 0 Å². The molecular formula is C9H13N3O. The molecule has 2 heterocycles. The van der Waals surface area contributed by atoms with Crippen molar-refractivity contribution >= 4 is 11.9 Å². The number of aromatic nitrogens is 2. The second-order valence-corrected chi connectivity index (χ2v) is 3.96. The molecule has 13 heavy (non-hydrogen) atoms. The zero-order valence-corrected chi connectivity index (χ0v) is 8.33. The summed E-state index contributed by atoms with van der Waals surface area (Å²) in [4.78, 5) is 17.6. The first-order chi connectivity index (χ1) is 5.96. The number of likely N-dealkylation sites (N-methyl/N-ethyl adjacent to an activating group) is 1. The summed E-state index contributed by atoms with van der Waals surface area (Å²) in [6.07, 6.45) is 1.79. The fourth-order valence-corrected chi connectivity index (χ4v) is 1.95. The van der Waals surface area contributed by atoms with Crippen LogP contribution in [0.2, 0.25) is 0 Å². The molecular weight excluding hydrogens is 166 g/mol. The smallest absolute Gasteiger partial charge is 0.254 e. The third kappa shape index (κ3) is 0.802. The van der Waals surface area contributed by atoms with Gasteiger partial charge in [0.05, 0.1) is 6.20 Å². The van der Waals surface area contributed by atoms with Crippen LogP contribution in [0.4, 0.5) is 5.95 Å². The van der Waals surface area contributed by atoms with E-state index in [9.17, 15) is 4.79 Å². The fraction of sp³-hybridized carbons (Fsp3) is 0.556. The van der Waals surface area contributed by atoms with Crippen LogP contribution in [0.15, 0.2) is 6.20 Å². The Hall–Kier alpha value is -1.32. The third-order valence-electron chi connectivity index (χ3n) is 2.61. The Balaban J connectivity index is 2.70. The summed E-state index contributed by atoms with van der Waals surface area (Å²) in [6, 6.07) is 0. The van der Waals surface area contributed by atoms with Crippen molar-refractivity contribution in [1.29, 1.82) is 0 Å². The fourth-order valence-electron chi connectivity index (χ4n) is 1.95. The number of anilines is 1. The molecule has 0 saturated heterocycles. The minimum atomic E-state index is -0.481. The largest absolute Gasteiger partial charge is 0.300 e. The maximum absolute atomic E-state index is 11.8. The molecule has 4 nitrogen and oxygen atoms in total. The van der Waals surface area contributed by atoms with Crippen molar-refractivity contribution in [2.24, 2.45) is 0 Å². The Morgan fingerprint density at radius 1 is 1.46 bits per heavy atom. The summed E-state index contributed by atoms with van der Waals surface area (Å²) in [5.41, 5.74) is 0.544. The second kappa shape index (κ2) is 2.13. The van der Waals surface area contributed by atoms with E-state index in [1.165, 1.54) is 0 Å². The van der Waals surface area contributed by atoms with Crippen LogP contribution in [0.5, 0.6) is 0 Å². The van der Waals surface area contributed by atoms with E-state index in [4.69, 9.17) is 0 Å². The predicted molar refractivity (Wildman–Crippen MR) is 49.7 cm³/mol. The van der Waals surface area contributed by atoms with E-state index in [-0.39, 0.29) is 5.91 Å². The van der Waals surface area contributed by atoms with Gasteiger partial charge in [0.2, 0.25) is 5.95 Å². The lowest BCUT2D eigenvalue weighted by Gasteiger charge is -2.19. The molecule has 0 bridgehead atoms. The molecule has 0 radical (unpaired) electrons. The molecule has 1 aromatic heterocycles. The topological polar surface area (TPSA) is 38.1 Å². The molecule has 1 aliphatic heterocycles. The molecule has 0 unspecified atom stereocenters. The van der Waals surface area contributed by atoms with E-state index in [0.717, 1.165) is 11.6 Å². The highest BCUT2D eigenvalue weighted by Gasteiger charge is 2.43. The first-order valence-corrected chi connectivity index (χ1v) is 4.29. The molecule has 0 aromatic carbocycles. The summed E-state index contributed by atoms with van der Waals surface area (Å²) in [5, 5.41) is 0. The quantitative estimate of drug-likeness (QED) is 0.593. The first-order valence-electron chi connectivity index (χ1n) is 4.29. The predicted octanol–water partition coefficient (Wildman–Crippen LogP) is 0.903. The maximum Gasteiger partial charge on any atom is 0.254 e. The number of carbonyl (C=O) groups is 1. The minimum Gasteiger partial charge on any atom is -0.300 e. The van der Waals surface area contributed by atoms with E-state index in [1.807, 2.05) is 25.3 Å². The van der Waals surface area contributed by atoms with Crippen LogP contribution in [0.25, 0.3) is 0 Å². The second-order valence-electron chi connectivity index (χ2n) is 3.96. The van der Waals surface area contributed by atoms with Crippen LogP contribution in [-0.4, -0.2) is 22.5 Å². The molecule has 0 atom stereocenters. The zero-order chi connectivity index (χ0) is 9.80. The van der Waals surface area contributed by atoms with Gasteiger partial charge in [-0.1, -0.05) is 0 Å². The number of nitrogens with zero attached hydrogens (tertiary/aromatic N) is 3. The average Bonchev–Trinajstić information content (AvgIpc) is 2.50. The molecule has 70 valence electrons. The maximum atomic E-state index is 11.8. The van der Waals surface area contributed by atoms with Crippen LogP contribution < -0.4 is 4.90 Å². The SMILES string of the molecule is Cc1cnc2n1C(C)(C)C(=O)N2C. The lowest BCUT2D eigenvalue weighted by molar-refractivity contribution is -0.123. The zero-order valence-electron chi connectivity index (χ0n) is 8.33. The first kappa shape index (κ1) is 8.29. The van der Waals surface area contributed by atoms with Crippen molar-refractivity contribution in [3.63, 3.8) is 0 Å². The van der Waals surface area contributed by atoms with Gasteiger partial charge in [0, 0.05) is 12.7 Å². The molecule has 2 rings (SSSR count). The molecule has 1 amide bonds. The molecule has 1 aliphatic rings. The van der Waals surface area contributed by atoms with Gasteiger partial charge in [0.15, 0.2) is 0 Å². The van der Waals surface area contributed by atoms with Crippen LogP contribution in [0, 0.1) is 6.92 Å². The highest BCUT2D eigenvalue weighted by Crippen LogP contribution is 2.33. The van der Waals surface area contributed by atoms with Gasteiger partial charge in [-0.3, -0.25) is 14.3 Å². The van der Waals surface area contributed by atoms with Gasteiger partial charge in [0.1, 0.15) is 5.54 Å². The van der Waals surface area contributed by atoms with Crippen LogP contribution in [-0.2, 0) is 10.3 Å². The Kier molecular flexibility index (Phi) is 1.36. The lowest BCUT2D eigenvalue weighted by atomic mass is 10.1. The third-order valence-corrected chi connectivity index (χ3v) is 2.61. The highest BCUT2D eigenvalue weighted by molar-refractivity contribution is 6.00. The van der Waals surface area contributed by atoms with E-state index in [0.29, 0.717) is 0 Å². The van der Waals surface area contributed by atoms with E-state index in [1.54, 1.807) is 18.1 Å². The van der Waals surface area contributed by atoms with Gasteiger partial charge >= 0.3 is 0 Å². The molecule has 1 aromatic rings. The number of rotatable bonds is 0. The summed E-state index contributed by atoms with van der Waals surface area (Å²) < 4.78 is 1.97. The van der Waals surface area contributed by atoms with Crippen molar-refractivity contribution in [3.8, 4) is 0 Å². The molecule has 0 saturated carbocycles. The molecule has 0 fully saturated rings. The summed E-state index contributed by atoms with van der Waals surface area (Å²) in [6.45, 7) is 5.79. The number of amides is 1. The molecule has 0 spiro atoms. The van der Waals surface area contributed by atoms with Gasteiger partial charge in [-0.25, -0.2) is 4.98 Å². The summed E-state index contributed by atoms with van der Waals surface area (Å²) in [7, 11) is 1.76. The van der Waals surface area contributed by atoms with Crippen LogP contribution >= 0.6 is 0 Å². The van der Waals surface area contributed by atoms with Gasteiger partial charge < -0.3 is 0 Å². The Labute approximate surface area is 77.2 Å². The number of imidazole rings is 1. The number of hydrogen-bond donors (Lipinski definition) is 0. The van der Waals surface area contributed by atoms with E-state index < -0.39 is 5.54 Å². The number of carbonyl (C=O) groups excluding carboxylic acids is 1. The van der Waals surface area contributed by atoms with Crippen LogP contribution in [0.3, 0.4) is 0 Å². The number of hydrogen-bond acceptors (Lipinski definition) is 2. The van der Waals surface area contributed by atoms with Crippen molar-refractivity contribution in [3.05, 3.63) is 11.9 Å². The monoisotopic (exact) mass is 179 g/mol. The van der Waals surface area contributed by atoms with Gasteiger partial charge in [-0.15, -0.1) is 0 Å². The molecule has 0 N–H and O–H groups in total. The molecule has 0 aliphatic carbocycles.